The number of nitro groups is 1. The topological polar surface area (TPSA) is 83.8 Å². The number of nitrogens with zero attached hydrogens (tertiary/aromatic N) is 2. The zero-order valence-corrected chi connectivity index (χ0v) is 10.4. The van der Waals surface area contributed by atoms with Crippen LogP contribution in [-0.2, 0) is 6.54 Å². The molecular formula is C11H11ClN4O2. The highest BCUT2D eigenvalue weighted by atomic mass is 35.5. The second-order valence-corrected chi connectivity index (χ2v) is 4.21. The lowest BCUT2D eigenvalue weighted by Crippen LogP contribution is -2.02. The van der Waals surface area contributed by atoms with Gasteiger partial charge in [-0.25, -0.2) is 4.98 Å². The fraction of sp³-hybridized carbons (Fsp3) is 0.182. The minimum Gasteiger partial charge on any atom is -0.379 e. The van der Waals surface area contributed by atoms with Gasteiger partial charge in [-0.1, -0.05) is 11.6 Å². The molecule has 6 nitrogen and oxygen atoms in total. The lowest BCUT2D eigenvalue weighted by molar-refractivity contribution is -0.384. The van der Waals surface area contributed by atoms with Crippen LogP contribution in [0.1, 0.15) is 11.3 Å². The highest BCUT2D eigenvalue weighted by Gasteiger charge is 2.14. The van der Waals surface area contributed by atoms with Crippen LogP contribution in [0.25, 0.3) is 0 Å². The molecule has 0 aliphatic heterocycles. The van der Waals surface area contributed by atoms with Crippen LogP contribution >= 0.6 is 11.6 Å². The molecule has 0 saturated heterocycles. The summed E-state index contributed by atoms with van der Waals surface area (Å²) >= 11 is 5.86. The third kappa shape index (κ3) is 2.60. The molecule has 1 heterocycles. The maximum Gasteiger partial charge on any atom is 0.288 e. The number of nitrogens with one attached hydrogen (secondary N) is 2. The minimum absolute atomic E-state index is 0.0822. The number of halogens is 1. The normalized spacial score (nSPS) is 10.3. The van der Waals surface area contributed by atoms with Crippen molar-refractivity contribution in [3.63, 3.8) is 0 Å². The van der Waals surface area contributed by atoms with Gasteiger partial charge in [-0.15, -0.1) is 0 Å². The van der Waals surface area contributed by atoms with Crippen LogP contribution in [0.4, 0.5) is 11.4 Å². The van der Waals surface area contributed by atoms with Gasteiger partial charge in [0.1, 0.15) is 5.02 Å². The maximum atomic E-state index is 10.7. The number of aryl methyl sites for hydroxylation is 1. The van der Waals surface area contributed by atoms with E-state index in [1.54, 1.807) is 25.5 Å². The van der Waals surface area contributed by atoms with Crippen molar-refractivity contribution >= 4 is 23.0 Å². The average Bonchev–Trinajstić information content (AvgIpc) is 2.82. The van der Waals surface area contributed by atoms with Gasteiger partial charge in [-0.3, -0.25) is 10.1 Å². The Morgan fingerprint density at radius 2 is 2.33 bits per heavy atom. The van der Waals surface area contributed by atoms with Crippen molar-refractivity contribution in [2.45, 2.75) is 13.5 Å². The standard InChI is InChI=1S/C11H11ClN4O2/c1-7-2-11(16(17)18)9(12)3-10(7)14-5-8-4-13-6-15-8/h2-4,6,14H,5H2,1H3,(H,13,15). The number of imidazole rings is 1. The number of H-pyrrole nitrogens is 1. The summed E-state index contributed by atoms with van der Waals surface area (Å²) in [4.78, 5) is 17.1. The molecule has 94 valence electrons. The molecule has 0 unspecified atom stereocenters. The molecule has 1 aromatic carbocycles. The molecule has 0 spiro atoms. The van der Waals surface area contributed by atoms with E-state index in [4.69, 9.17) is 11.6 Å². The molecule has 2 N–H and O–H groups in total. The molecule has 0 atom stereocenters. The molecule has 18 heavy (non-hydrogen) atoms. The van der Waals surface area contributed by atoms with Gasteiger partial charge in [0.15, 0.2) is 0 Å². The molecule has 2 rings (SSSR count). The number of benzene rings is 1. The van der Waals surface area contributed by atoms with E-state index < -0.39 is 4.92 Å². The first-order valence-electron chi connectivity index (χ1n) is 5.23. The smallest absolute Gasteiger partial charge is 0.288 e. The second kappa shape index (κ2) is 5.05. The number of nitro benzene ring substituents is 1. The Hall–Kier alpha value is -2.08. The Balaban J connectivity index is 2.19. The van der Waals surface area contributed by atoms with E-state index in [9.17, 15) is 10.1 Å². The van der Waals surface area contributed by atoms with Crippen molar-refractivity contribution in [3.8, 4) is 0 Å². The van der Waals surface area contributed by atoms with Crippen molar-refractivity contribution in [1.82, 2.24) is 9.97 Å². The molecule has 0 saturated carbocycles. The van der Waals surface area contributed by atoms with Gasteiger partial charge >= 0.3 is 0 Å². The molecule has 0 amide bonds. The van der Waals surface area contributed by atoms with Crippen LogP contribution in [0.3, 0.4) is 0 Å². The molecule has 0 bridgehead atoms. The lowest BCUT2D eigenvalue weighted by atomic mass is 10.1. The molecule has 0 aliphatic carbocycles. The fourth-order valence-corrected chi connectivity index (χ4v) is 1.80. The lowest BCUT2D eigenvalue weighted by Gasteiger charge is -2.09. The first-order chi connectivity index (χ1) is 8.58. The third-order valence-electron chi connectivity index (χ3n) is 2.51. The van der Waals surface area contributed by atoms with Crippen LogP contribution in [0.15, 0.2) is 24.7 Å². The number of aromatic amines is 1. The molecule has 2 aromatic rings. The molecular weight excluding hydrogens is 256 g/mol. The monoisotopic (exact) mass is 266 g/mol. The van der Waals surface area contributed by atoms with Crippen molar-refractivity contribution in [3.05, 3.63) is 51.1 Å². The Morgan fingerprint density at radius 3 is 2.94 bits per heavy atom. The average molecular weight is 267 g/mol. The van der Waals surface area contributed by atoms with Crippen molar-refractivity contribution < 1.29 is 4.92 Å². The molecule has 0 fully saturated rings. The van der Waals surface area contributed by atoms with Gasteiger partial charge in [0.2, 0.25) is 0 Å². The summed E-state index contributed by atoms with van der Waals surface area (Å²) in [6, 6.07) is 3.02. The largest absolute Gasteiger partial charge is 0.379 e. The van der Waals surface area contributed by atoms with Gasteiger partial charge < -0.3 is 10.3 Å². The summed E-state index contributed by atoms with van der Waals surface area (Å²) in [5.74, 6) is 0. The Morgan fingerprint density at radius 1 is 1.56 bits per heavy atom. The van der Waals surface area contributed by atoms with E-state index in [0.717, 1.165) is 16.9 Å². The van der Waals surface area contributed by atoms with Crippen molar-refractivity contribution in [2.75, 3.05) is 5.32 Å². The number of aromatic nitrogens is 2. The number of hydrogen-bond donors (Lipinski definition) is 2. The first-order valence-corrected chi connectivity index (χ1v) is 5.61. The summed E-state index contributed by atoms with van der Waals surface area (Å²) < 4.78 is 0. The predicted molar refractivity (Wildman–Crippen MR) is 68.8 cm³/mol. The molecule has 7 heteroatoms. The Bertz CT molecular complexity index is 569. The van der Waals surface area contributed by atoms with E-state index in [0.29, 0.717) is 6.54 Å². The highest BCUT2D eigenvalue weighted by Crippen LogP contribution is 2.30. The SMILES string of the molecule is Cc1cc([N+](=O)[O-])c(Cl)cc1NCc1cnc[nH]1. The summed E-state index contributed by atoms with van der Waals surface area (Å²) in [6.45, 7) is 2.34. The van der Waals surface area contributed by atoms with E-state index >= 15 is 0 Å². The fourth-order valence-electron chi connectivity index (χ4n) is 1.57. The van der Waals surface area contributed by atoms with Gasteiger partial charge in [-0.2, -0.15) is 0 Å². The van der Waals surface area contributed by atoms with Crippen LogP contribution in [0.5, 0.6) is 0 Å². The molecule has 1 aromatic heterocycles. The van der Waals surface area contributed by atoms with Crippen LogP contribution in [0.2, 0.25) is 5.02 Å². The first kappa shape index (κ1) is 12.4. The number of anilines is 1. The number of hydrogen-bond acceptors (Lipinski definition) is 4. The predicted octanol–water partition coefficient (Wildman–Crippen LogP) is 2.89. The third-order valence-corrected chi connectivity index (χ3v) is 2.82. The summed E-state index contributed by atoms with van der Waals surface area (Å²) in [5, 5.41) is 14.0. The van der Waals surface area contributed by atoms with Gasteiger partial charge in [0.25, 0.3) is 5.69 Å². The summed E-state index contributed by atoms with van der Waals surface area (Å²) in [7, 11) is 0. The van der Waals surface area contributed by atoms with Crippen molar-refractivity contribution in [2.24, 2.45) is 0 Å². The van der Waals surface area contributed by atoms with Crippen LogP contribution < -0.4 is 5.32 Å². The van der Waals surface area contributed by atoms with E-state index in [-0.39, 0.29) is 10.7 Å². The Kier molecular flexibility index (Phi) is 3.47. The van der Waals surface area contributed by atoms with Gasteiger partial charge in [0, 0.05) is 18.0 Å². The number of rotatable bonds is 4. The van der Waals surface area contributed by atoms with E-state index in [2.05, 4.69) is 15.3 Å². The van der Waals surface area contributed by atoms with E-state index in [1.165, 1.54) is 6.07 Å². The molecule has 0 aliphatic rings. The van der Waals surface area contributed by atoms with E-state index in [1.807, 2.05) is 0 Å². The summed E-state index contributed by atoms with van der Waals surface area (Å²) in [5.41, 5.74) is 2.37. The van der Waals surface area contributed by atoms with Crippen molar-refractivity contribution in [1.29, 1.82) is 0 Å². The van der Waals surface area contributed by atoms with Gasteiger partial charge in [0.05, 0.1) is 23.5 Å². The zero-order valence-electron chi connectivity index (χ0n) is 9.61. The maximum absolute atomic E-state index is 10.7. The quantitative estimate of drug-likeness (QED) is 0.658. The van der Waals surface area contributed by atoms with Gasteiger partial charge in [-0.05, 0) is 18.6 Å². The minimum atomic E-state index is -0.492. The highest BCUT2D eigenvalue weighted by molar-refractivity contribution is 6.33. The van der Waals surface area contributed by atoms with Crippen LogP contribution in [0, 0.1) is 17.0 Å². The zero-order chi connectivity index (χ0) is 13.1. The Labute approximate surface area is 108 Å². The second-order valence-electron chi connectivity index (χ2n) is 3.81. The summed E-state index contributed by atoms with van der Waals surface area (Å²) in [6.07, 6.45) is 3.29. The molecule has 0 radical (unpaired) electrons. The van der Waals surface area contributed by atoms with Crippen LogP contribution in [-0.4, -0.2) is 14.9 Å².